The van der Waals surface area contributed by atoms with Gasteiger partial charge < -0.3 is 20.3 Å². The van der Waals surface area contributed by atoms with Crippen LogP contribution in [-0.4, -0.2) is 48.4 Å². The zero-order valence-corrected chi connectivity index (χ0v) is 20.2. The quantitative estimate of drug-likeness (QED) is 0.454. The molecule has 0 unspecified atom stereocenters. The molecular formula is C27H29N3O4S. The number of thiophene rings is 1. The molecule has 2 N–H and O–H groups in total. The molecule has 4 rings (SSSR count). The zero-order chi connectivity index (χ0) is 24.5. The standard InChI is InChI=1S/C27H29N3O4S/c31-24(18-29-26(32)23-14-8-16-35-23)30(19-20-9-3-1-4-10-20)25(21-11-5-2-6-12-21)27(33)28-17-22-13-7-15-34-22/h1-6,8-12,14,16,22,25H,7,13,15,17-19H2,(H,28,33)(H,29,32)/t22-,25-/m0/s1. The molecule has 1 aliphatic heterocycles. The van der Waals surface area contributed by atoms with Gasteiger partial charge in [0.15, 0.2) is 0 Å². The van der Waals surface area contributed by atoms with Crippen molar-refractivity contribution in [1.29, 1.82) is 0 Å². The summed E-state index contributed by atoms with van der Waals surface area (Å²) in [6.07, 6.45) is 1.86. The average molecular weight is 492 g/mol. The van der Waals surface area contributed by atoms with E-state index in [9.17, 15) is 14.4 Å². The van der Waals surface area contributed by atoms with E-state index in [1.54, 1.807) is 12.1 Å². The lowest BCUT2D eigenvalue weighted by atomic mass is 10.0. The van der Waals surface area contributed by atoms with Gasteiger partial charge in [0, 0.05) is 19.7 Å². The van der Waals surface area contributed by atoms with E-state index in [1.165, 1.54) is 16.2 Å². The summed E-state index contributed by atoms with van der Waals surface area (Å²) in [6.45, 7) is 1.10. The summed E-state index contributed by atoms with van der Waals surface area (Å²) in [5.74, 6) is -0.937. The van der Waals surface area contributed by atoms with E-state index in [4.69, 9.17) is 4.74 Å². The van der Waals surface area contributed by atoms with Crippen molar-refractivity contribution in [2.75, 3.05) is 19.7 Å². The molecule has 35 heavy (non-hydrogen) atoms. The van der Waals surface area contributed by atoms with Gasteiger partial charge in [-0.1, -0.05) is 66.7 Å². The molecule has 0 bridgehead atoms. The maximum Gasteiger partial charge on any atom is 0.261 e. The van der Waals surface area contributed by atoms with Crippen LogP contribution in [0.1, 0.15) is 39.7 Å². The van der Waals surface area contributed by atoms with E-state index in [0.29, 0.717) is 23.6 Å². The molecule has 0 saturated carbocycles. The lowest BCUT2D eigenvalue weighted by Gasteiger charge is -2.32. The first-order valence-corrected chi connectivity index (χ1v) is 12.6. The third kappa shape index (κ3) is 6.77. The van der Waals surface area contributed by atoms with Gasteiger partial charge >= 0.3 is 0 Å². The highest BCUT2D eigenvalue weighted by Crippen LogP contribution is 2.24. The molecule has 2 aromatic carbocycles. The molecule has 1 saturated heterocycles. The SMILES string of the molecule is O=C(NCC(=O)N(Cc1ccccc1)[C@H](C(=O)NC[C@@H]1CCCO1)c1ccccc1)c1cccs1. The van der Waals surface area contributed by atoms with E-state index >= 15 is 0 Å². The van der Waals surface area contributed by atoms with Gasteiger partial charge in [-0.25, -0.2) is 0 Å². The zero-order valence-electron chi connectivity index (χ0n) is 19.4. The van der Waals surface area contributed by atoms with E-state index in [0.717, 1.165) is 18.4 Å². The van der Waals surface area contributed by atoms with Crippen LogP contribution < -0.4 is 10.6 Å². The number of carbonyl (C=O) groups excluding carboxylic acids is 3. The smallest absolute Gasteiger partial charge is 0.261 e. The lowest BCUT2D eigenvalue weighted by Crippen LogP contribution is -2.47. The highest BCUT2D eigenvalue weighted by Gasteiger charge is 2.32. The van der Waals surface area contributed by atoms with Crippen LogP contribution in [0.15, 0.2) is 78.2 Å². The van der Waals surface area contributed by atoms with Gasteiger partial charge in [0.05, 0.1) is 17.5 Å². The Bertz CT molecular complexity index is 1100. The summed E-state index contributed by atoms with van der Waals surface area (Å²) >= 11 is 1.31. The molecule has 1 aromatic heterocycles. The second-order valence-electron chi connectivity index (χ2n) is 8.36. The molecule has 1 aliphatic rings. The van der Waals surface area contributed by atoms with E-state index in [2.05, 4.69) is 10.6 Å². The Morgan fingerprint density at radius 3 is 2.37 bits per heavy atom. The molecule has 3 amide bonds. The highest BCUT2D eigenvalue weighted by atomic mass is 32.1. The minimum Gasteiger partial charge on any atom is -0.376 e. The summed E-state index contributed by atoms with van der Waals surface area (Å²) in [5, 5.41) is 7.50. The van der Waals surface area contributed by atoms with Crippen LogP contribution in [0.2, 0.25) is 0 Å². The van der Waals surface area contributed by atoms with Gasteiger partial charge in [0.1, 0.15) is 6.04 Å². The van der Waals surface area contributed by atoms with Crippen LogP contribution >= 0.6 is 11.3 Å². The molecule has 0 radical (unpaired) electrons. The number of carbonyl (C=O) groups is 3. The molecule has 0 spiro atoms. The first-order valence-electron chi connectivity index (χ1n) is 11.7. The Balaban J connectivity index is 1.57. The Labute approximate surface area is 209 Å². The fraction of sp³-hybridized carbons (Fsp3) is 0.296. The van der Waals surface area contributed by atoms with Gasteiger partial charge in [-0.05, 0) is 35.4 Å². The van der Waals surface area contributed by atoms with Crippen molar-refractivity contribution in [3.8, 4) is 0 Å². The van der Waals surface area contributed by atoms with Crippen molar-refractivity contribution < 1.29 is 19.1 Å². The van der Waals surface area contributed by atoms with E-state index < -0.39 is 6.04 Å². The number of benzene rings is 2. The van der Waals surface area contributed by atoms with Gasteiger partial charge in [-0.3, -0.25) is 14.4 Å². The summed E-state index contributed by atoms with van der Waals surface area (Å²) in [4.78, 5) is 41.5. The molecule has 182 valence electrons. The minimum absolute atomic E-state index is 0.0151. The Morgan fingerprint density at radius 2 is 1.71 bits per heavy atom. The van der Waals surface area contributed by atoms with Crippen LogP contribution in [0.25, 0.3) is 0 Å². The largest absolute Gasteiger partial charge is 0.376 e. The molecule has 2 heterocycles. The molecule has 3 aromatic rings. The fourth-order valence-electron chi connectivity index (χ4n) is 4.08. The topological polar surface area (TPSA) is 87.7 Å². The summed E-state index contributed by atoms with van der Waals surface area (Å²) < 4.78 is 5.65. The first kappa shape index (κ1) is 24.6. The maximum absolute atomic E-state index is 13.5. The second kappa shape index (κ2) is 12.3. The predicted octanol–water partition coefficient (Wildman–Crippen LogP) is 3.54. The summed E-state index contributed by atoms with van der Waals surface area (Å²) in [7, 11) is 0. The summed E-state index contributed by atoms with van der Waals surface area (Å²) in [5.41, 5.74) is 1.59. The molecule has 0 aliphatic carbocycles. The predicted molar refractivity (Wildman–Crippen MR) is 135 cm³/mol. The summed E-state index contributed by atoms with van der Waals surface area (Å²) in [6, 6.07) is 21.4. The monoisotopic (exact) mass is 491 g/mol. The third-order valence-electron chi connectivity index (χ3n) is 5.86. The van der Waals surface area contributed by atoms with Gasteiger partial charge in [0.2, 0.25) is 11.8 Å². The highest BCUT2D eigenvalue weighted by molar-refractivity contribution is 7.12. The number of nitrogens with one attached hydrogen (secondary N) is 2. The van der Waals surface area contributed by atoms with Crippen LogP contribution in [0.4, 0.5) is 0 Å². The van der Waals surface area contributed by atoms with Crippen LogP contribution in [0.3, 0.4) is 0 Å². The molecular weight excluding hydrogens is 462 g/mol. The van der Waals surface area contributed by atoms with Gasteiger partial charge in [0.25, 0.3) is 5.91 Å². The van der Waals surface area contributed by atoms with Crippen molar-refractivity contribution >= 4 is 29.1 Å². The molecule has 8 heteroatoms. The van der Waals surface area contributed by atoms with Gasteiger partial charge in [-0.15, -0.1) is 11.3 Å². The van der Waals surface area contributed by atoms with Crippen LogP contribution in [-0.2, 0) is 20.9 Å². The minimum atomic E-state index is -0.857. The Hall–Kier alpha value is -3.49. The number of hydrogen-bond acceptors (Lipinski definition) is 5. The normalized spacial score (nSPS) is 15.8. The van der Waals surface area contributed by atoms with Crippen molar-refractivity contribution in [1.82, 2.24) is 15.5 Å². The number of ether oxygens (including phenoxy) is 1. The molecule has 2 atom stereocenters. The van der Waals surface area contributed by atoms with Crippen molar-refractivity contribution in [2.24, 2.45) is 0 Å². The maximum atomic E-state index is 13.5. The first-order chi connectivity index (χ1) is 17.1. The number of amides is 3. The average Bonchev–Trinajstić information content (AvgIpc) is 3.62. The van der Waals surface area contributed by atoms with Gasteiger partial charge in [-0.2, -0.15) is 0 Å². The number of rotatable bonds is 10. The van der Waals surface area contributed by atoms with Crippen molar-refractivity contribution in [3.63, 3.8) is 0 Å². The van der Waals surface area contributed by atoms with Crippen LogP contribution in [0.5, 0.6) is 0 Å². The molecule has 1 fully saturated rings. The van der Waals surface area contributed by atoms with Crippen LogP contribution in [0, 0.1) is 0 Å². The third-order valence-corrected chi connectivity index (χ3v) is 6.73. The van der Waals surface area contributed by atoms with Crippen molar-refractivity contribution in [2.45, 2.75) is 31.5 Å². The number of hydrogen-bond donors (Lipinski definition) is 2. The Kier molecular flexibility index (Phi) is 8.64. The number of nitrogens with zero attached hydrogens (tertiary/aromatic N) is 1. The van der Waals surface area contributed by atoms with E-state index in [-0.39, 0.29) is 36.9 Å². The fourth-order valence-corrected chi connectivity index (χ4v) is 4.72. The Morgan fingerprint density at radius 1 is 0.971 bits per heavy atom. The second-order valence-corrected chi connectivity index (χ2v) is 9.31. The van der Waals surface area contributed by atoms with E-state index in [1.807, 2.05) is 66.0 Å². The lowest BCUT2D eigenvalue weighted by molar-refractivity contribution is -0.141. The van der Waals surface area contributed by atoms with Crippen molar-refractivity contribution in [3.05, 3.63) is 94.2 Å². The molecule has 7 nitrogen and oxygen atoms in total.